The largest absolute Gasteiger partial charge is 0.325 e. The molecule has 0 saturated heterocycles. The van der Waals surface area contributed by atoms with E-state index >= 15 is 0 Å². The van der Waals surface area contributed by atoms with Gasteiger partial charge in [-0.05, 0) is 41.8 Å². The van der Waals surface area contributed by atoms with Crippen LogP contribution in [-0.4, -0.2) is 20.9 Å². The summed E-state index contributed by atoms with van der Waals surface area (Å²) in [7, 11) is -3.77. The third-order valence-electron chi connectivity index (χ3n) is 3.56. The van der Waals surface area contributed by atoms with Gasteiger partial charge in [-0.25, -0.2) is 13.1 Å². The first kappa shape index (κ1) is 18.6. The minimum absolute atomic E-state index is 0.108. The smallest absolute Gasteiger partial charge is 0.241 e. The molecule has 1 amide bonds. The fraction of sp³-hybridized carbons (Fsp3) is 0.222. The minimum atomic E-state index is -3.77. The summed E-state index contributed by atoms with van der Waals surface area (Å²) in [6, 6.07) is 14.9. The summed E-state index contributed by atoms with van der Waals surface area (Å²) in [4.78, 5) is 12.0. The van der Waals surface area contributed by atoms with Crippen LogP contribution in [0.2, 0.25) is 0 Å². The number of carbonyl (C=O) groups excluding carboxylic acids is 1. The van der Waals surface area contributed by atoms with Gasteiger partial charge in [-0.2, -0.15) is 5.26 Å². The summed E-state index contributed by atoms with van der Waals surface area (Å²) >= 11 is 0. The number of nitrogens with zero attached hydrogens (tertiary/aromatic N) is 1. The van der Waals surface area contributed by atoms with E-state index in [9.17, 15) is 13.2 Å². The van der Waals surface area contributed by atoms with E-state index in [-0.39, 0.29) is 4.90 Å². The molecule has 0 atom stereocenters. The van der Waals surface area contributed by atoms with E-state index in [4.69, 9.17) is 5.26 Å². The first-order valence-electron chi connectivity index (χ1n) is 7.71. The lowest BCUT2D eigenvalue weighted by Crippen LogP contribution is -2.32. The maximum Gasteiger partial charge on any atom is 0.241 e. The number of nitrogens with one attached hydrogen (secondary N) is 2. The molecule has 25 heavy (non-hydrogen) atoms. The second kappa shape index (κ2) is 7.92. The number of rotatable bonds is 6. The Hall–Kier alpha value is -2.69. The zero-order chi connectivity index (χ0) is 18.4. The quantitative estimate of drug-likeness (QED) is 0.830. The highest BCUT2D eigenvalue weighted by atomic mass is 32.2. The van der Waals surface area contributed by atoms with Crippen molar-refractivity contribution in [2.24, 2.45) is 0 Å². The maximum absolute atomic E-state index is 12.2. The molecule has 0 saturated carbocycles. The molecule has 0 heterocycles. The molecule has 0 aromatic heterocycles. The Morgan fingerprint density at radius 1 is 1.16 bits per heavy atom. The normalized spacial score (nSPS) is 11.1. The molecule has 2 aromatic rings. The van der Waals surface area contributed by atoms with Crippen molar-refractivity contribution in [3.05, 3.63) is 59.7 Å². The summed E-state index contributed by atoms with van der Waals surface area (Å²) in [6.07, 6.45) is 0. The Balaban J connectivity index is 1.99. The SMILES string of the molecule is CC(C)c1ccc(S(=O)(=O)NCC(=O)Nc2cccc(C#N)c2)cc1. The molecule has 6 nitrogen and oxygen atoms in total. The van der Waals surface area contributed by atoms with Crippen LogP contribution in [0.15, 0.2) is 53.4 Å². The van der Waals surface area contributed by atoms with Crippen molar-refractivity contribution in [2.75, 3.05) is 11.9 Å². The first-order chi connectivity index (χ1) is 11.8. The van der Waals surface area contributed by atoms with E-state index in [2.05, 4.69) is 10.0 Å². The van der Waals surface area contributed by atoms with Gasteiger partial charge in [0.2, 0.25) is 15.9 Å². The maximum atomic E-state index is 12.2. The fourth-order valence-corrected chi connectivity index (χ4v) is 3.13. The number of benzene rings is 2. The predicted octanol–water partition coefficient (Wildman–Crippen LogP) is 2.60. The van der Waals surface area contributed by atoms with Crippen LogP contribution in [-0.2, 0) is 14.8 Å². The van der Waals surface area contributed by atoms with E-state index in [1.807, 2.05) is 19.9 Å². The van der Waals surface area contributed by atoms with Crippen molar-refractivity contribution in [3.8, 4) is 6.07 Å². The second-order valence-corrected chi connectivity index (χ2v) is 7.56. The van der Waals surface area contributed by atoms with Gasteiger partial charge in [0.05, 0.1) is 23.1 Å². The highest BCUT2D eigenvalue weighted by Crippen LogP contribution is 2.17. The Morgan fingerprint density at radius 3 is 2.44 bits per heavy atom. The summed E-state index contributed by atoms with van der Waals surface area (Å²) in [5.74, 6) is -0.211. The van der Waals surface area contributed by atoms with Crippen molar-refractivity contribution in [2.45, 2.75) is 24.7 Å². The number of amides is 1. The highest BCUT2D eigenvalue weighted by molar-refractivity contribution is 7.89. The van der Waals surface area contributed by atoms with Crippen molar-refractivity contribution < 1.29 is 13.2 Å². The predicted molar refractivity (Wildman–Crippen MR) is 95.5 cm³/mol. The molecule has 0 aliphatic carbocycles. The molecule has 0 aliphatic heterocycles. The van der Waals surface area contributed by atoms with E-state index in [0.717, 1.165) is 5.56 Å². The van der Waals surface area contributed by atoms with Gasteiger partial charge in [-0.15, -0.1) is 0 Å². The number of hydrogen-bond acceptors (Lipinski definition) is 4. The molecule has 0 radical (unpaired) electrons. The number of anilines is 1. The van der Waals surface area contributed by atoms with E-state index in [0.29, 0.717) is 17.2 Å². The van der Waals surface area contributed by atoms with Gasteiger partial charge in [-0.1, -0.05) is 32.0 Å². The van der Waals surface area contributed by atoms with E-state index in [1.165, 1.54) is 18.2 Å². The zero-order valence-corrected chi connectivity index (χ0v) is 14.8. The molecule has 0 fully saturated rings. The van der Waals surface area contributed by atoms with Crippen LogP contribution in [0.4, 0.5) is 5.69 Å². The zero-order valence-electron chi connectivity index (χ0n) is 14.0. The molecular weight excluding hydrogens is 338 g/mol. The van der Waals surface area contributed by atoms with Crippen LogP contribution < -0.4 is 10.0 Å². The van der Waals surface area contributed by atoms with Crippen LogP contribution in [0.5, 0.6) is 0 Å². The molecule has 0 unspecified atom stereocenters. The molecular formula is C18H19N3O3S. The van der Waals surface area contributed by atoms with Crippen LogP contribution in [0.1, 0.15) is 30.9 Å². The Labute approximate surface area is 147 Å². The first-order valence-corrected chi connectivity index (χ1v) is 9.20. The van der Waals surface area contributed by atoms with Gasteiger partial charge in [0.25, 0.3) is 0 Å². The average molecular weight is 357 g/mol. The second-order valence-electron chi connectivity index (χ2n) is 5.79. The molecule has 0 bridgehead atoms. The summed E-state index contributed by atoms with van der Waals surface area (Å²) in [6.45, 7) is 3.64. The van der Waals surface area contributed by atoms with Gasteiger partial charge in [0, 0.05) is 5.69 Å². The Morgan fingerprint density at radius 2 is 1.84 bits per heavy atom. The van der Waals surface area contributed by atoms with Crippen molar-refractivity contribution >= 4 is 21.6 Å². The molecule has 2 rings (SSSR count). The Kier molecular flexibility index (Phi) is 5.91. The van der Waals surface area contributed by atoms with Crippen molar-refractivity contribution in [1.82, 2.24) is 4.72 Å². The number of hydrogen-bond donors (Lipinski definition) is 2. The topological polar surface area (TPSA) is 99.1 Å². The summed E-state index contributed by atoms with van der Waals surface area (Å²) in [5.41, 5.74) is 1.88. The number of carbonyl (C=O) groups is 1. The van der Waals surface area contributed by atoms with Gasteiger partial charge in [0.1, 0.15) is 0 Å². The Bertz CT molecular complexity index is 898. The lowest BCUT2D eigenvalue weighted by molar-refractivity contribution is -0.115. The summed E-state index contributed by atoms with van der Waals surface area (Å²) < 4.78 is 26.7. The standard InChI is InChI=1S/C18H19N3O3S/c1-13(2)15-6-8-17(9-7-15)25(23,24)20-12-18(22)21-16-5-3-4-14(10-16)11-19/h3-10,13,20H,12H2,1-2H3,(H,21,22). The highest BCUT2D eigenvalue weighted by Gasteiger charge is 2.16. The van der Waals surface area contributed by atoms with E-state index in [1.54, 1.807) is 30.3 Å². The summed E-state index contributed by atoms with van der Waals surface area (Å²) in [5, 5.41) is 11.4. The third kappa shape index (κ3) is 5.14. The molecule has 2 N–H and O–H groups in total. The van der Waals surface area contributed by atoms with Crippen LogP contribution >= 0.6 is 0 Å². The number of nitriles is 1. The van der Waals surface area contributed by atoms with Crippen LogP contribution in [0, 0.1) is 11.3 Å². The molecule has 7 heteroatoms. The van der Waals surface area contributed by atoms with Crippen molar-refractivity contribution in [3.63, 3.8) is 0 Å². The van der Waals surface area contributed by atoms with Gasteiger partial charge >= 0.3 is 0 Å². The third-order valence-corrected chi connectivity index (χ3v) is 4.97. The van der Waals surface area contributed by atoms with Gasteiger partial charge in [0.15, 0.2) is 0 Å². The van der Waals surface area contributed by atoms with Crippen LogP contribution in [0.25, 0.3) is 0 Å². The van der Waals surface area contributed by atoms with Gasteiger partial charge in [-0.3, -0.25) is 4.79 Å². The molecule has 0 aliphatic rings. The number of sulfonamides is 1. The fourth-order valence-electron chi connectivity index (χ4n) is 2.15. The molecule has 0 spiro atoms. The monoisotopic (exact) mass is 357 g/mol. The lowest BCUT2D eigenvalue weighted by atomic mass is 10.0. The van der Waals surface area contributed by atoms with Crippen LogP contribution in [0.3, 0.4) is 0 Å². The van der Waals surface area contributed by atoms with Gasteiger partial charge < -0.3 is 5.32 Å². The van der Waals surface area contributed by atoms with Crippen molar-refractivity contribution in [1.29, 1.82) is 5.26 Å². The van der Waals surface area contributed by atoms with E-state index < -0.39 is 22.5 Å². The minimum Gasteiger partial charge on any atom is -0.325 e. The molecule has 2 aromatic carbocycles. The lowest BCUT2D eigenvalue weighted by Gasteiger charge is -2.10. The molecule has 130 valence electrons. The average Bonchev–Trinajstić information content (AvgIpc) is 2.60.